The van der Waals surface area contributed by atoms with Crippen molar-refractivity contribution in [2.45, 2.75) is 31.8 Å². The van der Waals surface area contributed by atoms with Crippen molar-refractivity contribution in [1.82, 2.24) is 10.6 Å². The Hall–Kier alpha value is -2.38. The molecular weight excluding hydrogens is 424 g/mol. The van der Waals surface area contributed by atoms with Crippen molar-refractivity contribution >= 4 is 27.7 Å². The van der Waals surface area contributed by atoms with E-state index in [-0.39, 0.29) is 31.4 Å². The minimum absolute atomic E-state index is 0.0438. The van der Waals surface area contributed by atoms with Gasteiger partial charge in [-0.2, -0.15) is 0 Å². The van der Waals surface area contributed by atoms with E-state index < -0.39 is 11.6 Å². The summed E-state index contributed by atoms with van der Waals surface area (Å²) in [4.78, 5) is 24.2. The molecule has 2 amide bonds. The van der Waals surface area contributed by atoms with E-state index in [0.29, 0.717) is 5.75 Å². The van der Waals surface area contributed by atoms with Crippen LogP contribution in [0, 0.1) is 0 Å². The molecule has 0 fully saturated rings. The van der Waals surface area contributed by atoms with E-state index >= 15 is 0 Å². The van der Waals surface area contributed by atoms with Crippen molar-refractivity contribution in [3.05, 3.63) is 64.6 Å². The first-order valence-electron chi connectivity index (χ1n) is 8.93. The first-order chi connectivity index (χ1) is 13.3. The summed E-state index contributed by atoms with van der Waals surface area (Å²) in [5, 5.41) is 15.4. The van der Waals surface area contributed by atoms with Crippen LogP contribution in [0.5, 0.6) is 5.75 Å². The smallest absolute Gasteiger partial charge is 0.223 e. The van der Waals surface area contributed by atoms with Gasteiger partial charge in [0.1, 0.15) is 12.4 Å². The molecule has 6 nitrogen and oxygen atoms in total. The van der Waals surface area contributed by atoms with Gasteiger partial charge in [0.25, 0.3) is 0 Å². The zero-order chi connectivity index (χ0) is 20.6. The number of para-hydroxylation sites is 1. The number of hydrogen-bond acceptors (Lipinski definition) is 4. The minimum atomic E-state index is -0.951. The third-order valence-electron chi connectivity index (χ3n) is 4.13. The van der Waals surface area contributed by atoms with Gasteiger partial charge >= 0.3 is 0 Å². The van der Waals surface area contributed by atoms with Crippen LogP contribution in [0.1, 0.15) is 31.9 Å². The SMILES string of the molecule is CC(=O)NC(CC(=O)NC(C)(CO)COc1ccccc1)c1ccc(Br)cc1. The molecule has 3 N–H and O–H groups in total. The Morgan fingerprint density at radius 2 is 1.79 bits per heavy atom. The molecule has 7 heteroatoms. The van der Waals surface area contributed by atoms with Gasteiger partial charge in [-0.05, 0) is 36.8 Å². The quantitative estimate of drug-likeness (QED) is 0.550. The predicted octanol–water partition coefficient (Wildman–Crippen LogP) is 2.96. The summed E-state index contributed by atoms with van der Waals surface area (Å²) in [6.07, 6.45) is 0.0438. The third kappa shape index (κ3) is 6.98. The fourth-order valence-electron chi connectivity index (χ4n) is 2.65. The monoisotopic (exact) mass is 448 g/mol. The number of benzene rings is 2. The number of aliphatic hydroxyl groups is 1. The Morgan fingerprint density at radius 1 is 1.14 bits per heavy atom. The minimum Gasteiger partial charge on any atom is -0.491 e. The first-order valence-corrected chi connectivity index (χ1v) is 9.73. The molecule has 0 heterocycles. The lowest BCUT2D eigenvalue weighted by Crippen LogP contribution is -2.53. The van der Waals surface area contributed by atoms with Crippen molar-refractivity contribution < 1.29 is 19.4 Å². The second kappa shape index (κ2) is 10.2. The van der Waals surface area contributed by atoms with Crippen LogP contribution in [-0.2, 0) is 9.59 Å². The number of aliphatic hydroxyl groups excluding tert-OH is 1. The van der Waals surface area contributed by atoms with E-state index in [4.69, 9.17) is 4.74 Å². The van der Waals surface area contributed by atoms with Crippen LogP contribution in [0.4, 0.5) is 0 Å². The van der Waals surface area contributed by atoms with Crippen LogP contribution in [0.3, 0.4) is 0 Å². The van der Waals surface area contributed by atoms with Gasteiger partial charge in [0.05, 0.1) is 24.6 Å². The number of halogens is 1. The van der Waals surface area contributed by atoms with E-state index in [2.05, 4.69) is 26.6 Å². The fourth-order valence-corrected chi connectivity index (χ4v) is 2.91. The molecule has 2 rings (SSSR count). The average molecular weight is 449 g/mol. The molecule has 28 heavy (non-hydrogen) atoms. The summed E-state index contributed by atoms with van der Waals surface area (Å²) in [6.45, 7) is 2.95. The molecule has 0 saturated heterocycles. The third-order valence-corrected chi connectivity index (χ3v) is 4.66. The van der Waals surface area contributed by atoms with Crippen molar-refractivity contribution in [1.29, 1.82) is 0 Å². The van der Waals surface area contributed by atoms with Gasteiger partial charge in [-0.25, -0.2) is 0 Å². The van der Waals surface area contributed by atoms with Gasteiger partial charge in [0.2, 0.25) is 11.8 Å². The van der Waals surface area contributed by atoms with Gasteiger partial charge < -0.3 is 20.5 Å². The second-order valence-electron chi connectivity index (χ2n) is 6.88. The van der Waals surface area contributed by atoms with Crippen LogP contribution in [0.2, 0.25) is 0 Å². The van der Waals surface area contributed by atoms with Crippen LogP contribution in [0.15, 0.2) is 59.1 Å². The van der Waals surface area contributed by atoms with Crippen molar-refractivity contribution in [3.8, 4) is 5.75 Å². The largest absolute Gasteiger partial charge is 0.491 e. The van der Waals surface area contributed by atoms with Crippen LogP contribution >= 0.6 is 15.9 Å². The van der Waals surface area contributed by atoms with Gasteiger partial charge in [0.15, 0.2) is 0 Å². The van der Waals surface area contributed by atoms with Crippen molar-refractivity contribution in [2.75, 3.05) is 13.2 Å². The summed E-state index contributed by atoms with van der Waals surface area (Å²) in [6, 6.07) is 16.1. The molecule has 2 aromatic rings. The Bertz CT molecular complexity index is 783. The molecule has 2 aromatic carbocycles. The molecule has 2 unspecified atom stereocenters. The maximum Gasteiger partial charge on any atom is 0.223 e. The predicted molar refractivity (Wildman–Crippen MR) is 111 cm³/mol. The zero-order valence-corrected chi connectivity index (χ0v) is 17.5. The van der Waals surface area contributed by atoms with Gasteiger partial charge in [0, 0.05) is 11.4 Å². The molecule has 2 atom stereocenters. The van der Waals surface area contributed by atoms with Gasteiger partial charge in [-0.1, -0.05) is 46.3 Å². The lowest BCUT2D eigenvalue weighted by atomic mass is 10.0. The number of rotatable bonds is 9. The maximum absolute atomic E-state index is 12.6. The number of carbonyl (C=O) groups is 2. The number of hydrogen-bond donors (Lipinski definition) is 3. The van der Waals surface area contributed by atoms with E-state index in [1.807, 2.05) is 42.5 Å². The lowest BCUT2D eigenvalue weighted by molar-refractivity contribution is -0.125. The molecule has 0 aliphatic heterocycles. The van der Waals surface area contributed by atoms with E-state index in [1.54, 1.807) is 19.1 Å². The molecule has 0 aliphatic carbocycles. The second-order valence-corrected chi connectivity index (χ2v) is 7.79. The molecule has 0 aromatic heterocycles. The first kappa shape index (κ1) is 21.9. The summed E-state index contributed by atoms with van der Waals surface area (Å²) < 4.78 is 6.59. The molecule has 0 saturated carbocycles. The fraction of sp³-hybridized carbons (Fsp3) is 0.333. The van der Waals surface area contributed by atoms with Gasteiger partial charge in [-0.3, -0.25) is 9.59 Å². The topological polar surface area (TPSA) is 87.7 Å². The Morgan fingerprint density at radius 3 is 2.36 bits per heavy atom. The highest BCUT2D eigenvalue weighted by Gasteiger charge is 2.28. The summed E-state index contributed by atoms with van der Waals surface area (Å²) in [5.41, 5.74) is -0.132. The number of carbonyl (C=O) groups excluding carboxylic acids is 2. The van der Waals surface area contributed by atoms with Crippen molar-refractivity contribution in [2.24, 2.45) is 0 Å². The summed E-state index contributed by atoms with van der Waals surface area (Å²) in [7, 11) is 0. The highest BCUT2D eigenvalue weighted by atomic mass is 79.9. The van der Waals surface area contributed by atoms with E-state index in [0.717, 1.165) is 10.0 Å². The molecule has 0 bridgehead atoms. The Kier molecular flexibility index (Phi) is 8.02. The van der Waals surface area contributed by atoms with Crippen LogP contribution in [-0.4, -0.2) is 35.7 Å². The molecule has 0 spiro atoms. The summed E-state index contributed by atoms with van der Waals surface area (Å²) >= 11 is 3.37. The van der Waals surface area contributed by atoms with E-state index in [9.17, 15) is 14.7 Å². The van der Waals surface area contributed by atoms with Crippen LogP contribution < -0.4 is 15.4 Å². The number of ether oxygens (including phenoxy) is 1. The average Bonchev–Trinajstić information content (AvgIpc) is 2.67. The molecule has 150 valence electrons. The highest BCUT2D eigenvalue weighted by Crippen LogP contribution is 2.20. The van der Waals surface area contributed by atoms with Crippen molar-refractivity contribution in [3.63, 3.8) is 0 Å². The Balaban J connectivity index is 2.02. The normalized spacial score (nSPS) is 13.9. The van der Waals surface area contributed by atoms with Crippen LogP contribution in [0.25, 0.3) is 0 Å². The Labute approximate surface area is 173 Å². The highest BCUT2D eigenvalue weighted by molar-refractivity contribution is 9.10. The lowest BCUT2D eigenvalue weighted by Gasteiger charge is -2.29. The zero-order valence-electron chi connectivity index (χ0n) is 15.9. The number of nitrogens with one attached hydrogen (secondary N) is 2. The van der Waals surface area contributed by atoms with E-state index in [1.165, 1.54) is 6.92 Å². The van der Waals surface area contributed by atoms with Gasteiger partial charge in [-0.15, -0.1) is 0 Å². The summed E-state index contributed by atoms with van der Waals surface area (Å²) in [5.74, 6) is 0.135. The molecular formula is C21H25BrN2O4. The number of amides is 2. The standard InChI is InChI=1S/C21H25BrN2O4/c1-15(26)23-19(16-8-10-17(22)11-9-16)12-20(27)24-21(2,13-25)14-28-18-6-4-3-5-7-18/h3-11,19,25H,12-14H2,1-2H3,(H,23,26)(H,24,27). The maximum atomic E-state index is 12.6. The molecule has 0 aliphatic rings. The molecule has 0 radical (unpaired) electrons.